The van der Waals surface area contributed by atoms with Gasteiger partial charge < -0.3 is 4.90 Å². The van der Waals surface area contributed by atoms with Gasteiger partial charge in [-0.3, -0.25) is 5.32 Å². The minimum absolute atomic E-state index is 0.565. The van der Waals surface area contributed by atoms with Gasteiger partial charge >= 0.3 is 0 Å². The Hall–Kier alpha value is -1.37. The number of nitrogens with zero attached hydrogens (tertiary/aromatic N) is 2. The van der Waals surface area contributed by atoms with Crippen molar-refractivity contribution in [3.63, 3.8) is 0 Å². The van der Waals surface area contributed by atoms with Gasteiger partial charge in [-0.2, -0.15) is 5.26 Å². The molecule has 0 amide bonds. The van der Waals surface area contributed by atoms with E-state index in [2.05, 4.69) is 23.2 Å². The SMILES string of the molecule is CCCC1CCN(CCC(C#N)(NC)c2ccccc2)C1. The van der Waals surface area contributed by atoms with Crippen molar-refractivity contribution in [2.24, 2.45) is 5.92 Å². The van der Waals surface area contributed by atoms with Gasteiger partial charge in [-0.1, -0.05) is 43.7 Å². The predicted octanol–water partition coefficient (Wildman–Crippen LogP) is 3.14. The minimum Gasteiger partial charge on any atom is -0.303 e. The van der Waals surface area contributed by atoms with Crippen LogP contribution < -0.4 is 5.32 Å². The summed E-state index contributed by atoms with van der Waals surface area (Å²) in [6.07, 6.45) is 4.77. The third kappa shape index (κ3) is 3.84. The van der Waals surface area contributed by atoms with Gasteiger partial charge in [0.1, 0.15) is 5.54 Å². The molecule has 0 saturated carbocycles. The van der Waals surface area contributed by atoms with Crippen LogP contribution in [0.2, 0.25) is 0 Å². The first-order chi connectivity index (χ1) is 10.2. The van der Waals surface area contributed by atoms with E-state index in [4.69, 9.17) is 0 Å². The monoisotopic (exact) mass is 285 g/mol. The average molecular weight is 285 g/mol. The van der Waals surface area contributed by atoms with E-state index in [1.807, 2.05) is 37.4 Å². The van der Waals surface area contributed by atoms with Crippen LogP contribution in [-0.4, -0.2) is 31.6 Å². The molecular weight excluding hydrogens is 258 g/mol. The Balaban J connectivity index is 1.97. The Morgan fingerprint density at radius 3 is 2.76 bits per heavy atom. The average Bonchev–Trinajstić information content (AvgIpc) is 2.98. The zero-order chi connectivity index (χ0) is 15.1. The molecule has 2 rings (SSSR count). The lowest BCUT2D eigenvalue weighted by Crippen LogP contribution is -2.41. The molecule has 1 N–H and O–H groups in total. The van der Waals surface area contributed by atoms with Crippen LogP contribution in [0.25, 0.3) is 0 Å². The van der Waals surface area contributed by atoms with Gasteiger partial charge in [0, 0.05) is 13.1 Å². The van der Waals surface area contributed by atoms with Gasteiger partial charge in [0.15, 0.2) is 0 Å². The third-order valence-corrected chi connectivity index (χ3v) is 4.75. The lowest BCUT2D eigenvalue weighted by molar-refractivity contribution is 0.278. The topological polar surface area (TPSA) is 39.1 Å². The van der Waals surface area contributed by atoms with E-state index >= 15 is 0 Å². The summed E-state index contributed by atoms with van der Waals surface area (Å²) in [5, 5.41) is 13.0. The predicted molar refractivity (Wildman–Crippen MR) is 86.9 cm³/mol. The van der Waals surface area contributed by atoms with Gasteiger partial charge in [-0.05, 0) is 44.3 Å². The van der Waals surface area contributed by atoms with Crippen molar-refractivity contribution in [2.45, 2.75) is 38.1 Å². The molecule has 1 saturated heterocycles. The molecule has 0 aromatic heterocycles. The first-order valence-corrected chi connectivity index (χ1v) is 8.12. The molecule has 0 radical (unpaired) electrons. The molecule has 21 heavy (non-hydrogen) atoms. The number of likely N-dealkylation sites (tertiary alicyclic amines) is 1. The zero-order valence-electron chi connectivity index (χ0n) is 13.3. The summed E-state index contributed by atoms with van der Waals surface area (Å²) >= 11 is 0. The normalized spacial score (nSPS) is 21.9. The van der Waals surface area contributed by atoms with Crippen LogP contribution in [0.3, 0.4) is 0 Å². The summed E-state index contributed by atoms with van der Waals surface area (Å²) in [7, 11) is 1.89. The van der Waals surface area contributed by atoms with Gasteiger partial charge in [0.05, 0.1) is 6.07 Å². The Labute approximate surface area is 129 Å². The van der Waals surface area contributed by atoms with Crippen molar-refractivity contribution >= 4 is 0 Å². The fourth-order valence-electron chi connectivity index (χ4n) is 3.40. The van der Waals surface area contributed by atoms with Crippen molar-refractivity contribution in [1.82, 2.24) is 10.2 Å². The molecule has 1 heterocycles. The number of hydrogen-bond acceptors (Lipinski definition) is 3. The Morgan fingerprint density at radius 2 is 2.14 bits per heavy atom. The maximum Gasteiger partial charge on any atom is 0.133 e. The van der Waals surface area contributed by atoms with E-state index in [0.717, 1.165) is 24.4 Å². The van der Waals surface area contributed by atoms with Crippen LogP contribution in [0.15, 0.2) is 30.3 Å². The second-order valence-corrected chi connectivity index (χ2v) is 6.13. The molecule has 0 aliphatic carbocycles. The highest BCUT2D eigenvalue weighted by Crippen LogP contribution is 2.27. The van der Waals surface area contributed by atoms with Crippen LogP contribution in [0, 0.1) is 17.2 Å². The highest BCUT2D eigenvalue weighted by atomic mass is 15.1. The first kappa shape index (κ1) is 16.0. The van der Waals surface area contributed by atoms with Crippen molar-refractivity contribution < 1.29 is 0 Å². The Bertz CT molecular complexity index is 465. The molecule has 1 aliphatic heterocycles. The van der Waals surface area contributed by atoms with Crippen molar-refractivity contribution in [3.05, 3.63) is 35.9 Å². The second kappa shape index (κ2) is 7.59. The summed E-state index contributed by atoms with van der Waals surface area (Å²) < 4.78 is 0. The molecule has 2 atom stereocenters. The summed E-state index contributed by atoms with van der Waals surface area (Å²) in [5.74, 6) is 0.859. The van der Waals surface area contributed by atoms with Gasteiger partial charge in [-0.25, -0.2) is 0 Å². The molecule has 3 nitrogen and oxygen atoms in total. The Kier molecular flexibility index (Phi) is 5.78. The van der Waals surface area contributed by atoms with Crippen molar-refractivity contribution in [2.75, 3.05) is 26.7 Å². The van der Waals surface area contributed by atoms with Crippen LogP contribution in [0.4, 0.5) is 0 Å². The van der Waals surface area contributed by atoms with E-state index in [-0.39, 0.29) is 0 Å². The summed E-state index contributed by atoms with van der Waals surface area (Å²) in [6.45, 7) is 5.64. The molecule has 1 aromatic carbocycles. The number of benzene rings is 1. The van der Waals surface area contributed by atoms with E-state index < -0.39 is 5.54 Å². The smallest absolute Gasteiger partial charge is 0.133 e. The quantitative estimate of drug-likeness (QED) is 0.836. The Morgan fingerprint density at radius 1 is 1.38 bits per heavy atom. The highest BCUT2D eigenvalue weighted by Gasteiger charge is 2.32. The summed E-state index contributed by atoms with van der Waals surface area (Å²) in [6, 6.07) is 12.6. The third-order valence-electron chi connectivity index (χ3n) is 4.75. The minimum atomic E-state index is -0.565. The largest absolute Gasteiger partial charge is 0.303 e. The molecule has 3 heteroatoms. The number of nitriles is 1. The zero-order valence-corrected chi connectivity index (χ0v) is 13.3. The molecule has 0 bridgehead atoms. The van der Waals surface area contributed by atoms with Gasteiger partial charge in [0.2, 0.25) is 0 Å². The van der Waals surface area contributed by atoms with Crippen LogP contribution in [0.5, 0.6) is 0 Å². The van der Waals surface area contributed by atoms with E-state index in [1.54, 1.807) is 0 Å². The maximum atomic E-state index is 9.71. The van der Waals surface area contributed by atoms with Crippen molar-refractivity contribution in [3.8, 4) is 6.07 Å². The standard InChI is InChI=1S/C18H27N3/c1-3-7-16-10-12-21(14-16)13-11-18(15-19,20-2)17-8-5-4-6-9-17/h4-6,8-9,16,20H,3,7,10-14H2,1-2H3. The second-order valence-electron chi connectivity index (χ2n) is 6.13. The summed E-state index contributed by atoms with van der Waals surface area (Å²) in [4.78, 5) is 2.52. The van der Waals surface area contributed by atoms with Gasteiger partial charge in [-0.15, -0.1) is 0 Å². The fraction of sp³-hybridized carbons (Fsp3) is 0.611. The van der Waals surface area contributed by atoms with Crippen LogP contribution in [-0.2, 0) is 5.54 Å². The lowest BCUT2D eigenvalue weighted by atomic mass is 9.88. The number of hydrogen-bond donors (Lipinski definition) is 1. The molecule has 1 fully saturated rings. The fourth-order valence-corrected chi connectivity index (χ4v) is 3.40. The molecule has 1 aliphatic rings. The van der Waals surface area contributed by atoms with E-state index in [1.165, 1.54) is 32.4 Å². The number of nitrogens with one attached hydrogen (secondary N) is 1. The molecular formula is C18H27N3. The lowest BCUT2D eigenvalue weighted by Gasteiger charge is -2.29. The maximum absolute atomic E-state index is 9.71. The van der Waals surface area contributed by atoms with Crippen LogP contribution >= 0.6 is 0 Å². The molecule has 0 spiro atoms. The van der Waals surface area contributed by atoms with Crippen molar-refractivity contribution in [1.29, 1.82) is 5.26 Å². The number of rotatable bonds is 7. The molecule has 1 aromatic rings. The molecule has 2 unspecified atom stereocenters. The summed E-state index contributed by atoms with van der Waals surface area (Å²) in [5.41, 5.74) is 0.503. The van der Waals surface area contributed by atoms with E-state index in [0.29, 0.717) is 0 Å². The van der Waals surface area contributed by atoms with Crippen LogP contribution in [0.1, 0.15) is 38.2 Å². The van der Waals surface area contributed by atoms with E-state index in [9.17, 15) is 5.26 Å². The van der Waals surface area contributed by atoms with Gasteiger partial charge in [0.25, 0.3) is 0 Å². The molecule has 114 valence electrons. The first-order valence-electron chi connectivity index (χ1n) is 8.12. The highest BCUT2D eigenvalue weighted by molar-refractivity contribution is 5.31.